The number of hydrogen-bond donors (Lipinski definition) is 1. The van der Waals surface area contributed by atoms with Gasteiger partial charge < -0.3 is 9.47 Å². The highest BCUT2D eigenvalue weighted by atomic mass is 16.8. The van der Waals surface area contributed by atoms with Gasteiger partial charge in [-0.05, 0) is 43.7 Å². The first kappa shape index (κ1) is 18.2. The van der Waals surface area contributed by atoms with Gasteiger partial charge in [-0.15, -0.1) is 0 Å². The third-order valence-corrected chi connectivity index (χ3v) is 5.09. The van der Waals surface area contributed by atoms with Gasteiger partial charge in [0.05, 0.1) is 12.0 Å². The number of benzene rings is 1. The molecule has 2 fully saturated rings. The Kier molecular flexibility index (Phi) is 4.99. The second kappa shape index (κ2) is 7.42. The van der Waals surface area contributed by atoms with Crippen LogP contribution in [0.1, 0.15) is 41.6 Å². The van der Waals surface area contributed by atoms with Crippen LogP contribution in [0.15, 0.2) is 24.3 Å². The fraction of sp³-hybridized carbons (Fsp3) is 0.500. The predicted molar refractivity (Wildman–Crippen MR) is 98.1 cm³/mol. The molecular weight excluding hydrogens is 348 g/mol. The minimum Gasteiger partial charge on any atom is -0.483 e. The Hall–Kier alpha value is -2.22. The first-order valence-electron chi connectivity index (χ1n) is 9.33. The third-order valence-electron chi connectivity index (χ3n) is 5.09. The fourth-order valence-electron chi connectivity index (χ4n) is 3.86. The second-order valence-electron chi connectivity index (χ2n) is 7.53. The van der Waals surface area contributed by atoms with Crippen LogP contribution >= 0.6 is 0 Å². The van der Waals surface area contributed by atoms with Crippen LogP contribution in [0, 0.1) is 0 Å². The number of likely N-dealkylation sites (tertiary alicyclic amines) is 1. The molecule has 3 aliphatic rings. The van der Waals surface area contributed by atoms with Gasteiger partial charge in [-0.3, -0.25) is 14.5 Å². The molecule has 1 spiro atoms. The van der Waals surface area contributed by atoms with E-state index in [-0.39, 0.29) is 23.6 Å². The average molecular weight is 372 g/mol. The van der Waals surface area contributed by atoms with Crippen LogP contribution in [0.5, 0.6) is 5.75 Å². The van der Waals surface area contributed by atoms with Crippen molar-refractivity contribution in [3.8, 4) is 5.75 Å². The molecule has 27 heavy (non-hydrogen) atoms. The van der Waals surface area contributed by atoms with Gasteiger partial charge in [0.25, 0.3) is 5.91 Å². The maximum Gasteiger partial charge on any atom is 0.267 e. The summed E-state index contributed by atoms with van der Waals surface area (Å²) >= 11 is 0. The molecule has 0 bridgehead atoms. The standard InChI is InChI=1S/C20H24N2O5/c1-22-12-20(13-22)11-16(23)15-10-14(5-7-17(15)26-20)6-8-18(24)21-27-19-4-2-3-9-25-19/h5-8,10,19H,2-4,9,11-13H2,1H3,(H,21,24)/b8-6+. The Bertz CT molecular complexity index is 764. The summed E-state index contributed by atoms with van der Waals surface area (Å²) < 4.78 is 11.5. The molecule has 1 unspecified atom stereocenters. The van der Waals surface area contributed by atoms with Crippen LogP contribution in [-0.2, 0) is 14.4 Å². The first-order valence-corrected chi connectivity index (χ1v) is 9.33. The molecule has 0 radical (unpaired) electrons. The van der Waals surface area contributed by atoms with Crippen molar-refractivity contribution in [3.63, 3.8) is 0 Å². The normalized spacial score (nSPS) is 24.3. The van der Waals surface area contributed by atoms with Crippen molar-refractivity contribution in [1.29, 1.82) is 0 Å². The van der Waals surface area contributed by atoms with E-state index in [9.17, 15) is 9.59 Å². The number of likely N-dealkylation sites (N-methyl/N-ethyl adjacent to an activating group) is 1. The van der Waals surface area contributed by atoms with Crippen LogP contribution in [0.3, 0.4) is 0 Å². The Balaban J connectivity index is 1.36. The summed E-state index contributed by atoms with van der Waals surface area (Å²) in [6.07, 6.45) is 5.86. The highest BCUT2D eigenvalue weighted by Crippen LogP contribution is 2.38. The molecule has 1 aromatic rings. The van der Waals surface area contributed by atoms with E-state index < -0.39 is 0 Å². The van der Waals surface area contributed by atoms with Gasteiger partial charge in [-0.25, -0.2) is 10.3 Å². The lowest BCUT2D eigenvalue weighted by Crippen LogP contribution is -2.65. The zero-order valence-electron chi connectivity index (χ0n) is 15.4. The Morgan fingerprint density at radius 3 is 2.96 bits per heavy atom. The minimum absolute atomic E-state index is 0.0850. The zero-order chi connectivity index (χ0) is 18.9. The van der Waals surface area contributed by atoms with Gasteiger partial charge in [0.1, 0.15) is 11.4 Å². The van der Waals surface area contributed by atoms with Gasteiger partial charge in [0, 0.05) is 32.2 Å². The van der Waals surface area contributed by atoms with Crippen LogP contribution in [0.2, 0.25) is 0 Å². The molecular formula is C20H24N2O5. The lowest BCUT2D eigenvalue weighted by Gasteiger charge is -2.49. The summed E-state index contributed by atoms with van der Waals surface area (Å²) in [7, 11) is 2.01. The van der Waals surface area contributed by atoms with E-state index in [4.69, 9.17) is 14.3 Å². The average Bonchev–Trinajstić information content (AvgIpc) is 2.65. The summed E-state index contributed by atoms with van der Waals surface area (Å²) in [5.41, 5.74) is 3.34. The van der Waals surface area contributed by atoms with Crippen LogP contribution < -0.4 is 10.2 Å². The largest absolute Gasteiger partial charge is 0.483 e. The number of nitrogens with zero attached hydrogens (tertiary/aromatic N) is 1. The molecule has 2 saturated heterocycles. The number of Topliss-reactive ketones (excluding diaryl/α,β-unsaturated/α-hetero) is 1. The van der Waals surface area contributed by atoms with E-state index in [1.807, 2.05) is 13.1 Å². The van der Waals surface area contributed by atoms with E-state index in [1.54, 1.807) is 18.2 Å². The van der Waals surface area contributed by atoms with Crippen LogP contribution in [0.25, 0.3) is 6.08 Å². The van der Waals surface area contributed by atoms with E-state index >= 15 is 0 Å². The van der Waals surface area contributed by atoms with Crippen molar-refractivity contribution in [3.05, 3.63) is 35.4 Å². The summed E-state index contributed by atoms with van der Waals surface area (Å²) in [4.78, 5) is 31.8. The van der Waals surface area contributed by atoms with Crippen LogP contribution in [-0.4, -0.2) is 55.2 Å². The molecule has 7 heteroatoms. The number of carbonyl (C=O) groups excluding carboxylic acids is 2. The van der Waals surface area contributed by atoms with Crippen molar-refractivity contribution in [1.82, 2.24) is 10.4 Å². The molecule has 4 rings (SSSR count). The molecule has 3 heterocycles. The number of ketones is 1. The van der Waals surface area contributed by atoms with Gasteiger partial charge in [-0.1, -0.05) is 6.07 Å². The van der Waals surface area contributed by atoms with Crippen LogP contribution in [0.4, 0.5) is 0 Å². The maximum atomic E-state index is 12.5. The molecule has 1 atom stereocenters. The second-order valence-corrected chi connectivity index (χ2v) is 7.53. The Morgan fingerprint density at radius 1 is 1.37 bits per heavy atom. The molecule has 144 valence electrons. The van der Waals surface area contributed by atoms with Gasteiger partial charge in [-0.2, -0.15) is 0 Å². The van der Waals surface area contributed by atoms with E-state index in [0.29, 0.717) is 24.3 Å². The maximum absolute atomic E-state index is 12.5. The van der Waals surface area contributed by atoms with Crippen molar-refractivity contribution in [2.45, 2.75) is 37.6 Å². The van der Waals surface area contributed by atoms with Crippen molar-refractivity contribution in [2.75, 3.05) is 26.7 Å². The minimum atomic E-state index is -0.382. The molecule has 7 nitrogen and oxygen atoms in total. The molecule has 0 aliphatic carbocycles. The molecule has 0 aromatic heterocycles. The van der Waals surface area contributed by atoms with Crippen molar-refractivity contribution in [2.24, 2.45) is 0 Å². The summed E-state index contributed by atoms with van der Waals surface area (Å²) in [5, 5.41) is 0. The number of carbonyl (C=O) groups is 2. The molecule has 1 N–H and O–H groups in total. The van der Waals surface area contributed by atoms with Crippen molar-refractivity contribution < 1.29 is 23.9 Å². The molecule has 3 aliphatic heterocycles. The van der Waals surface area contributed by atoms with Crippen molar-refractivity contribution >= 4 is 17.8 Å². The number of hydroxylamine groups is 1. The van der Waals surface area contributed by atoms with Gasteiger partial charge in [0.15, 0.2) is 12.1 Å². The van der Waals surface area contributed by atoms with Gasteiger partial charge in [0.2, 0.25) is 0 Å². The highest BCUT2D eigenvalue weighted by molar-refractivity contribution is 6.01. The SMILES string of the molecule is CN1CC2(CC(=O)c3cc(/C=C/C(=O)NOC4CCCCO4)ccc3O2)C1. The molecule has 0 saturated carbocycles. The predicted octanol–water partition coefficient (Wildman–Crippen LogP) is 1.92. The van der Waals surface area contributed by atoms with Gasteiger partial charge >= 0.3 is 0 Å². The molecule has 1 amide bonds. The summed E-state index contributed by atoms with van der Waals surface area (Å²) in [5.74, 6) is 0.335. The monoisotopic (exact) mass is 372 g/mol. The lowest BCUT2D eigenvalue weighted by molar-refractivity contribution is -0.198. The number of nitrogens with one attached hydrogen (secondary N) is 1. The molecule has 1 aromatic carbocycles. The first-order chi connectivity index (χ1) is 13.0. The number of amides is 1. The summed E-state index contributed by atoms with van der Waals surface area (Å²) in [6, 6.07) is 5.40. The van der Waals surface area contributed by atoms with E-state index in [1.165, 1.54) is 6.08 Å². The number of hydrogen-bond acceptors (Lipinski definition) is 6. The number of rotatable bonds is 4. The quantitative estimate of drug-likeness (QED) is 0.643. The summed E-state index contributed by atoms with van der Waals surface area (Å²) in [6.45, 7) is 2.19. The number of ether oxygens (including phenoxy) is 2. The van der Waals surface area contributed by atoms with E-state index in [0.717, 1.165) is 37.9 Å². The zero-order valence-corrected chi connectivity index (χ0v) is 15.4. The Labute approximate surface area is 158 Å². The fourth-order valence-corrected chi connectivity index (χ4v) is 3.86. The third kappa shape index (κ3) is 4.05. The Morgan fingerprint density at radius 2 is 2.22 bits per heavy atom. The smallest absolute Gasteiger partial charge is 0.267 e. The topological polar surface area (TPSA) is 77.1 Å². The number of fused-ring (bicyclic) bond motifs is 1. The lowest BCUT2D eigenvalue weighted by atomic mass is 9.84. The van der Waals surface area contributed by atoms with E-state index in [2.05, 4.69) is 10.4 Å². The highest BCUT2D eigenvalue weighted by Gasteiger charge is 2.48.